The van der Waals surface area contributed by atoms with E-state index in [1.165, 1.54) is 25.7 Å². The molecule has 0 amide bonds. The molecule has 2 spiro atoms. The van der Waals surface area contributed by atoms with E-state index in [0.717, 1.165) is 32.6 Å². The van der Waals surface area contributed by atoms with Crippen LogP contribution in [0.15, 0.2) is 0 Å². The van der Waals surface area contributed by atoms with Crippen LogP contribution in [0.3, 0.4) is 0 Å². The Balaban J connectivity index is 1.77. The van der Waals surface area contributed by atoms with Gasteiger partial charge in [0.1, 0.15) is 5.72 Å². The molecule has 3 fully saturated rings. The van der Waals surface area contributed by atoms with Gasteiger partial charge in [-0.3, -0.25) is 5.32 Å². The van der Waals surface area contributed by atoms with Gasteiger partial charge >= 0.3 is 0 Å². The fraction of sp³-hybridized carbons (Fsp3) is 1.00. The Bertz CT molecular complexity index is 195. The van der Waals surface area contributed by atoms with Crippen LogP contribution in [0.2, 0.25) is 0 Å². The lowest BCUT2D eigenvalue weighted by Crippen LogP contribution is -2.58. The molecule has 2 saturated heterocycles. The van der Waals surface area contributed by atoms with Crippen LogP contribution in [-0.4, -0.2) is 31.1 Å². The van der Waals surface area contributed by atoms with Crippen molar-refractivity contribution in [3.05, 3.63) is 0 Å². The van der Waals surface area contributed by atoms with Crippen molar-refractivity contribution >= 4 is 0 Å². The Morgan fingerprint density at radius 3 is 2.57 bits per heavy atom. The lowest BCUT2D eigenvalue weighted by atomic mass is 9.94. The van der Waals surface area contributed by atoms with Gasteiger partial charge in [-0.2, -0.15) is 0 Å². The van der Waals surface area contributed by atoms with Gasteiger partial charge in [-0.1, -0.05) is 0 Å². The molecule has 1 saturated carbocycles. The minimum Gasteiger partial charge on any atom is -0.378 e. The van der Waals surface area contributed by atoms with Crippen molar-refractivity contribution < 1.29 is 9.47 Å². The SMILES string of the molecule is C1CCC2(C1)NCCC1(CCOC1)O2. The third-order valence-electron chi connectivity index (χ3n) is 3.92. The highest BCUT2D eigenvalue weighted by atomic mass is 16.6. The minimum absolute atomic E-state index is 0.0198. The molecule has 0 aromatic heterocycles. The van der Waals surface area contributed by atoms with E-state index in [4.69, 9.17) is 9.47 Å². The molecule has 0 bridgehead atoms. The summed E-state index contributed by atoms with van der Waals surface area (Å²) >= 11 is 0. The van der Waals surface area contributed by atoms with Crippen molar-refractivity contribution in [3.8, 4) is 0 Å². The van der Waals surface area contributed by atoms with Crippen LogP contribution in [0.4, 0.5) is 0 Å². The molecule has 3 heteroatoms. The van der Waals surface area contributed by atoms with Crippen molar-refractivity contribution in [1.29, 1.82) is 0 Å². The van der Waals surface area contributed by atoms with Crippen LogP contribution in [0.1, 0.15) is 38.5 Å². The van der Waals surface area contributed by atoms with E-state index in [0.29, 0.717) is 0 Å². The molecule has 0 aromatic carbocycles. The predicted molar refractivity (Wildman–Crippen MR) is 53.1 cm³/mol. The maximum Gasteiger partial charge on any atom is 0.120 e. The monoisotopic (exact) mass is 197 g/mol. The third kappa shape index (κ3) is 1.38. The Hall–Kier alpha value is -0.120. The van der Waals surface area contributed by atoms with Gasteiger partial charge in [-0.25, -0.2) is 0 Å². The van der Waals surface area contributed by atoms with E-state index in [9.17, 15) is 0 Å². The first kappa shape index (κ1) is 9.13. The average Bonchev–Trinajstić information content (AvgIpc) is 2.77. The van der Waals surface area contributed by atoms with E-state index in [-0.39, 0.29) is 11.3 Å². The van der Waals surface area contributed by atoms with Crippen LogP contribution in [0.25, 0.3) is 0 Å². The second-order valence-corrected chi connectivity index (χ2v) is 4.97. The number of nitrogens with one attached hydrogen (secondary N) is 1. The maximum atomic E-state index is 6.35. The molecule has 3 nitrogen and oxygen atoms in total. The minimum atomic E-state index is 0.0198. The molecule has 14 heavy (non-hydrogen) atoms. The fourth-order valence-corrected chi connectivity index (χ4v) is 3.11. The Labute approximate surface area is 85.1 Å². The molecule has 3 rings (SSSR count). The van der Waals surface area contributed by atoms with Crippen molar-refractivity contribution in [2.24, 2.45) is 0 Å². The zero-order valence-electron chi connectivity index (χ0n) is 8.68. The van der Waals surface area contributed by atoms with E-state index in [1.54, 1.807) is 0 Å². The largest absolute Gasteiger partial charge is 0.378 e. The van der Waals surface area contributed by atoms with Crippen molar-refractivity contribution in [1.82, 2.24) is 5.32 Å². The summed E-state index contributed by atoms with van der Waals surface area (Å²) in [4.78, 5) is 0. The van der Waals surface area contributed by atoms with E-state index < -0.39 is 0 Å². The first-order valence-corrected chi connectivity index (χ1v) is 5.86. The first-order chi connectivity index (χ1) is 6.83. The molecule has 1 atom stereocenters. The summed E-state index contributed by atoms with van der Waals surface area (Å²) in [6.45, 7) is 2.80. The molecule has 0 radical (unpaired) electrons. The molecular weight excluding hydrogens is 178 g/mol. The summed E-state index contributed by atoms with van der Waals surface area (Å²) in [5.74, 6) is 0. The third-order valence-corrected chi connectivity index (χ3v) is 3.92. The summed E-state index contributed by atoms with van der Waals surface area (Å²) in [7, 11) is 0. The smallest absolute Gasteiger partial charge is 0.120 e. The highest BCUT2D eigenvalue weighted by Crippen LogP contribution is 2.41. The molecule has 80 valence electrons. The van der Waals surface area contributed by atoms with E-state index >= 15 is 0 Å². The van der Waals surface area contributed by atoms with E-state index in [2.05, 4.69) is 5.32 Å². The second kappa shape index (κ2) is 3.19. The van der Waals surface area contributed by atoms with Crippen molar-refractivity contribution in [2.75, 3.05) is 19.8 Å². The molecule has 2 aliphatic heterocycles. The number of hydrogen-bond acceptors (Lipinski definition) is 3. The zero-order valence-corrected chi connectivity index (χ0v) is 8.68. The fourth-order valence-electron chi connectivity index (χ4n) is 3.11. The Kier molecular flexibility index (Phi) is 2.08. The number of ether oxygens (including phenoxy) is 2. The van der Waals surface area contributed by atoms with Crippen molar-refractivity contribution in [2.45, 2.75) is 49.9 Å². The lowest BCUT2D eigenvalue weighted by Gasteiger charge is -2.45. The van der Waals surface area contributed by atoms with Gasteiger partial charge in [0.15, 0.2) is 0 Å². The molecule has 1 unspecified atom stereocenters. The van der Waals surface area contributed by atoms with Gasteiger partial charge in [0.2, 0.25) is 0 Å². The summed E-state index contributed by atoms with van der Waals surface area (Å²) in [6, 6.07) is 0. The highest BCUT2D eigenvalue weighted by Gasteiger charge is 2.48. The van der Waals surface area contributed by atoms with Gasteiger partial charge in [-0.15, -0.1) is 0 Å². The van der Waals surface area contributed by atoms with Gasteiger partial charge in [0.05, 0.1) is 12.2 Å². The summed E-state index contributed by atoms with van der Waals surface area (Å²) in [5, 5.41) is 3.57. The van der Waals surface area contributed by atoms with E-state index in [1.807, 2.05) is 0 Å². The standard InChI is InChI=1S/C11H19NO2/c1-2-4-11(3-1)12-7-5-10(14-11)6-8-13-9-10/h12H,1-9H2. The molecule has 3 aliphatic rings. The number of rotatable bonds is 0. The van der Waals surface area contributed by atoms with Crippen LogP contribution in [0, 0.1) is 0 Å². The van der Waals surface area contributed by atoms with Crippen molar-refractivity contribution in [3.63, 3.8) is 0 Å². The van der Waals surface area contributed by atoms with Crippen LogP contribution in [0.5, 0.6) is 0 Å². The van der Waals surface area contributed by atoms with Gasteiger partial charge in [0, 0.05) is 19.6 Å². The first-order valence-electron chi connectivity index (χ1n) is 5.86. The Morgan fingerprint density at radius 1 is 1.00 bits per heavy atom. The predicted octanol–water partition coefficient (Wildman–Crippen LogP) is 1.43. The maximum absolute atomic E-state index is 6.35. The lowest BCUT2D eigenvalue weighted by molar-refractivity contribution is -0.196. The average molecular weight is 197 g/mol. The van der Waals surface area contributed by atoms with Gasteiger partial charge in [0.25, 0.3) is 0 Å². The van der Waals surface area contributed by atoms with Gasteiger partial charge in [-0.05, 0) is 32.1 Å². The van der Waals surface area contributed by atoms with Crippen LogP contribution >= 0.6 is 0 Å². The topological polar surface area (TPSA) is 30.5 Å². The summed E-state index contributed by atoms with van der Waals surface area (Å²) in [5.41, 5.74) is 0.0849. The van der Waals surface area contributed by atoms with Crippen LogP contribution in [-0.2, 0) is 9.47 Å². The molecule has 0 aromatic rings. The molecular formula is C11H19NO2. The molecule has 1 aliphatic carbocycles. The zero-order chi connectivity index (χ0) is 9.49. The second-order valence-electron chi connectivity index (χ2n) is 4.97. The summed E-state index contributed by atoms with van der Waals surface area (Å²) in [6.07, 6.45) is 7.21. The summed E-state index contributed by atoms with van der Waals surface area (Å²) < 4.78 is 11.8. The normalized spacial score (nSPS) is 41.1. The molecule has 2 heterocycles. The highest BCUT2D eigenvalue weighted by molar-refractivity contribution is 4.97. The quantitative estimate of drug-likeness (QED) is 0.637. The van der Waals surface area contributed by atoms with Crippen LogP contribution < -0.4 is 5.32 Å². The number of hydrogen-bond donors (Lipinski definition) is 1. The Morgan fingerprint density at radius 2 is 1.86 bits per heavy atom. The van der Waals surface area contributed by atoms with Gasteiger partial charge < -0.3 is 9.47 Å². The molecule has 1 N–H and O–H groups in total.